The molecule has 4 heteroatoms. The summed E-state index contributed by atoms with van der Waals surface area (Å²) >= 11 is 0. The van der Waals surface area contributed by atoms with Gasteiger partial charge in [0.15, 0.2) is 0 Å². The van der Waals surface area contributed by atoms with Gasteiger partial charge in [-0.05, 0) is 25.8 Å². The molecule has 2 fully saturated rings. The van der Waals surface area contributed by atoms with Crippen LogP contribution in [0.4, 0.5) is 0 Å². The lowest BCUT2D eigenvalue weighted by Crippen LogP contribution is -2.53. The first-order chi connectivity index (χ1) is 8.23. The minimum absolute atomic E-state index is 0.121. The SMILES string of the molecule is Cc1cc(C2CCC2)nc(C2(CN)COC2)n1. The second kappa shape index (κ2) is 4.03. The summed E-state index contributed by atoms with van der Waals surface area (Å²) in [5, 5.41) is 0. The summed E-state index contributed by atoms with van der Waals surface area (Å²) in [6.45, 7) is 3.94. The first-order valence-corrected chi connectivity index (χ1v) is 6.37. The van der Waals surface area contributed by atoms with Gasteiger partial charge in [-0.1, -0.05) is 6.42 Å². The highest BCUT2D eigenvalue weighted by Gasteiger charge is 2.42. The molecule has 92 valence electrons. The van der Waals surface area contributed by atoms with E-state index < -0.39 is 0 Å². The van der Waals surface area contributed by atoms with Gasteiger partial charge < -0.3 is 10.5 Å². The van der Waals surface area contributed by atoms with Gasteiger partial charge in [-0.15, -0.1) is 0 Å². The lowest BCUT2D eigenvalue weighted by Gasteiger charge is -2.39. The fourth-order valence-electron chi connectivity index (χ4n) is 2.43. The number of aromatic nitrogens is 2. The van der Waals surface area contributed by atoms with Gasteiger partial charge in [0.25, 0.3) is 0 Å². The maximum Gasteiger partial charge on any atom is 0.140 e. The number of hydrogen-bond acceptors (Lipinski definition) is 4. The third-order valence-corrected chi connectivity index (χ3v) is 4.02. The van der Waals surface area contributed by atoms with Crippen LogP contribution in [0.25, 0.3) is 0 Å². The molecule has 1 saturated carbocycles. The van der Waals surface area contributed by atoms with Gasteiger partial charge in [0, 0.05) is 23.9 Å². The molecule has 0 bridgehead atoms. The van der Waals surface area contributed by atoms with Crippen LogP contribution in [0.2, 0.25) is 0 Å². The molecule has 3 rings (SSSR count). The van der Waals surface area contributed by atoms with Crippen molar-refractivity contribution in [3.63, 3.8) is 0 Å². The summed E-state index contributed by atoms with van der Waals surface area (Å²) in [6, 6.07) is 2.12. The largest absolute Gasteiger partial charge is 0.379 e. The Balaban J connectivity index is 1.95. The molecular formula is C13H19N3O. The average molecular weight is 233 g/mol. The van der Waals surface area contributed by atoms with Crippen molar-refractivity contribution in [3.05, 3.63) is 23.3 Å². The number of hydrogen-bond donors (Lipinski definition) is 1. The zero-order chi connectivity index (χ0) is 11.9. The van der Waals surface area contributed by atoms with Gasteiger partial charge in [-0.3, -0.25) is 0 Å². The number of nitrogens with zero attached hydrogens (tertiary/aromatic N) is 2. The van der Waals surface area contributed by atoms with Crippen molar-refractivity contribution in [2.24, 2.45) is 5.73 Å². The van der Waals surface area contributed by atoms with Crippen molar-refractivity contribution in [1.29, 1.82) is 0 Å². The lowest BCUT2D eigenvalue weighted by atomic mass is 9.81. The summed E-state index contributed by atoms with van der Waals surface area (Å²) in [5.74, 6) is 1.54. The molecule has 0 aromatic carbocycles. The van der Waals surface area contributed by atoms with E-state index in [9.17, 15) is 0 Å². The monoisotopic (exact) mass is 233 g/mol. The molecule has 2 heterocycles. The van der Waals surface area contributed by atoms with Crippen LogP contribution in [0, 0.1) is 6.92 Å². The van der Waals surface area contributed by atoms with Crippen molar-refractivity contribution in [1.82, 2.24) is 9.97 Å². The molecule has 1 saturated heterocycles. The molecule has 0 unspecified atom stereocenters. The molecule has 0 atom stereocenters. The zero-order valence-electron chi connectivity index (χ0n) is 10.3. The van der Waals surface area contributed by atoms with Crippen molar-refractivity contribution in [2.45, 2.75) is 37.5 Å². The van der Waals surface area contributed by atoms with Gasteiger partial charge in [0.2, 0.25) is 0 Å². The Morgan fingerprint density at radius 3 is 2.65 bits per heavy atom. The quantitative estimate of drug-likeness (QED) is 0.854. The molecule has 1 aromatic heterocycles. The third-order valence-electron chi connectivity index (χ3n) is 4.02. The molecular weight excluding hydrogens is 214 g/mol. The van der Waals surface area contributed by atoms with E-state index >= 15 is 0 Å². The van der Waals surface area contributed by atoms with Crippen molar-refractivity contribution in [3.8, 4) is 0 Å². The Morgan fingerprint density at radius 2 is 2.18 bits per heavy atom. The van der Waals surface area contributed by atoms with Crippen molar-refractivity contribution in [2.75, 3.05) is 19.8 Å². The number of ether oxygens (including phenoxy) is 1. The Bertz CT molecular complexity index is 419. The highest BCUT2D eigenvalue weighted by Crippen LogP contribution is 2.37. The Morgan fingerprint density at radius 1 is 1.41 bits per heavy atom. The van der Waals surface area contributed by atoms with E-state index in [0.717, 1.165) is 11.5 Å². The Labute approximate surface area is 102 Å². The van der Waals surface area contributed by atoms with Crippen LogP contribution < -0.4 is 5.73 Å². The van der Waals surface area contributed by atoms with E-state index in [1.807, 2.05) is 6.92 Å². The van der Waals surface area contributed by atoms with Crippen LogP contribution in [0.1, 0.15) is 42.4 Å². The normalized spacial score (nSPS) is 22.9. The summed E-state index contributed by atoms with van der Waals surface area (Å²) in [6.07, 6.45) is 3.86. The van der Waals surface area contributed by atoms with Crippen molar-refractivity contribution < 1.29 is 4.74 Å². The van der Waals surface area contributed by atoms with Gasteiger partial charge in [-0.25, -0.2) is 9.97 Å². The predicted molar refractivity (Wildman–Crippen MR) is 64.9 cm³/mol. The van der Waals surface area contributed by atoms with Crippen LogP contribution >= 0.6 is 0 Å². The Kier molecular flexibility index (Phi) is 2.64. The summed E-state index contributed by atoms with van der Waals surface area (Å²) < 4.78 is 5.30. The molecule has 0 amide bonds. The number of nitrogens with two attached hydrogens (primary N) is 1. The van der Waals surface area contributed by atoms with E-state index in [4.69, 9.17) is 15.5 Å². The van der Waals surface area contributed by atoms with E-state index in [1.54, 1.807) is 0 Å². The number of aryl methyl sites for hydroxylation is 1. The molecule has 4 nitrogen and oxygen atoms in total. The smallest absolute Gasteiger partial charge is 0.140 e. The molecule has 1 aromatic rings. The molecule has 1 aliphatic carbocycles. The van der Waals surface area contributed by atoms with Gasteiger partial charge in [-0.2, -0.15) is 0 Å². The topological polar surface area (TPSA) is 61.0 Å². The van der Waals surface area contributed by atoms with Gasteiger partial charge >= 0.3 is 0 Å². The first-order valence-electron chi connectivity index (χ1n) is 6.37. The molecule has 17 heavy (non-hydrogen) atoms. The highest BCUT2D eigenvalue weighted by atomic mass is 16.5. The number of rotatable bonds is 3. The molecule has 0 radical (unpaired) electrons. The maximum atomic E-state index is 5.86. The van der Waals surface area contributed by atoms with Crippen LogP contribution in [0.3, 0.4) is 0 Å². The third kappa shape index (κ3) is 1.76. The average Bonchev–Trinajstić information content (AvgIpc) is 2.13. The second-order valence-corrected chi connectivity index (χ2v) is 5.36. The minimum atomic E-state index is -0.121. The Hall–Kier alpha value is -1.00. The lowest BCUT2D eigenvalue weighted by molar-refractivity contribution is -0.0596. The molecule has 1 aliphatic heterocycles. The van der Waals surface area contributed by atoms with Crippen LogP contribution in [-0.4, -0.2) is 29.7 Å². The fraction of sp³-hybridized carbons (Fsp3) is 0.692. The highest BCUT2D eigenvalue weighted by molar-refractivity contribution is 5.22. The second-order valence-electron chi connectivity index (χ2n) is 5.36. The van der Waals surface area contributed by atoms with E-state index in [0.29, 0.717) is 25.7 Å². The van der Waals surface area contributed by atoms with Gasteiger partial charge in [0.05, 0.1) is 18.6 Å². The summed E-state index contributed by atoms with van der Waals surface area (Å²) in [4.78, 5) is 9.32. The van der Waals surface area contributed by atoms with E-state index in [1.165, 1.54) is 25.0 Å². The summed E-state index contributed by atoms with van der Waals surface area (Å²) in [5.41, 5.74) is 8.00. The standard InChI is InChI=1S/C13H19N3O/c1-9-5-11(10-3-2-4-10)16-12(15-9)13(6-14)7-17-8-13/h5,10H,2-4,6-8,14H2,1H3. The van der Waals surface area contributed by atoms with E-state index in [-0.39, 0.29) is 5.41 Å². The minimum Gasteiger partial charge on any atom is -0.379 e. The maximum absolute atomic E-state index is 5.86. The van der Waals surface area contributed by atoms with Crippen LogP contribution in [0.5, 0.6) is 0 Å². The zero-order valence-corrected chi connectivity index (χ0v) is 10.3. The fourth-order valence-corrected chi connectivity index (χ4v) is 2.43. The van der Waals surface area contributed by atoms with Crippen LogP contribution in [-0.2, 0) is 10.2 Å². The van der Waals surface area contributed by atoms with Gasteiger partial charge in [0.1, 0.15) is 5.82 Å². The predicted octanol–water partition coefficient (Wildman–Crippen LogP) is 1.28. The first kappa shape index (κ1) is 11.1. The van der Waals surface area contributed by atoms with Crippen LogP contribution in [0.15, 0.2) is 6.07 Å². The molecule has 2 aliphatic rings. The van der Waals surface area contributed by atoms with Crippen molar-refractivity contribution >= 4 is 0 Å². The molecule has 2 N–H and O–H groups in total. The molecule has 0 spiro atoms. The van der Waals surface area contributed by atoms with E-state index in [2.05, 4.69) is 11.1 Å². The summed E-state index contributed by atoms with van der Waals surface area (Å²) in [7, 11) is 0.